The lowest BCUT2D eigenvalue weighted by molar-refractivity contribution is -0.137. The van der Waals surface area contributed by atoms with Crippen molar-refractivity contribution in [2.45, 2.75) is 24.0 Å². The molecule has 20 heavy (non-hydrogen) atoms. The summed E-state index contributed by atoms with van der Waals surface area (Å²) in [5, 5.41) is 0. The molecule has 0 spiro atoms. The summed E-state index contributed by atoms with van der Waals surface area (Å²) in [5.41, 5.74) is 4.07. The van der Waals surface area contributed by atoms with Crippen LogP contribution in [-0.4, -0.2) is 32.4 Å². The van der Waals surface area contributed by atoms with Crippen LogP contribution < -0.4 is 5.73 Å². The molecule has 0 radical (unpaired) electrons. The van der Waals surface area contributed by atoms with Crippen LogP contribution in [0.3, 0.4) is 0 Å². The first-order valence-corrected chi connectivity index (χ1v) is 7.00. The van der Waals surface area contributed by atoms with Gasteiger partial charge in [0.2, 0.25) is 10.0 Å². The highest BCUT2D eigenvalue weighted by Crippen LogP contribution is 2.32. The molecule has 1 rings (SSSR count). The fraction of sp³-hybridized carbons (Fsp3) is 0.455. The number of rotatable bonds is 4. The van der Waals surface area contributed by atoms with Gasteiger partial charge in [0.05, 0.1) is 5.56 Å². The summed E-state index contributed by atoms with van der Waals surface area (Å²) in [6.45, 7) is 1.42. The normalized spacial score (nSPS) is 14.6. The molecule has 9 heteroatoms. The van der Waals surface area contributed by atoms with Gasteiger partial charge in [-0.25, -0.2) is 12.8 Å². The number of hydrogen-bond acceptors (Lipinski definition) is 3. The van der Waals surface area contributed by atoms with Crippen LogP contribution in [0.25, 0.3) is 0 Å². The van der Waals surface area contributed by atoms with Gasteiger partial charge in [-0.3, -0.25) is 0 Å². The van der Waals surface area contributed by atoms with Crippen LogP contribution >= 0.6 is 0 Å². The van der Waals surface area contributed by atoms with Crippen molar-refractivity contribution in [2.24, 2.45) is 5.73 Å². The largest absolute Gasteiger partial charge is 0.416 e. The zero-order valence-corrected chi connectivity index (χ0v) is 11.6. The molecule has 0 bridgehead atoms. The fourth-order valence-corrected chi connectivity index (χ4v) is 2.88. The second kappa shape index (κ2) is 5.66. The summed E-state index contributed by atoms with van der Waals surface area (Å²) >= 11 is 0. The average Bonchev–Trinajstić information content (AvgIpc) is 2.35. The molecular formula is C11H14F4N2O2S. The Bertz CT molecular complexity index is 587. The summed E-state index contributed by atoms with van der Waals surface area (Å²) in [6.07, 6.45) is -4.75. The van der Waals surface area contributed by atoms with E-state index >= 15 is 0 Å². The third kappa shape index (κ3) is 3.28. The number of likely N-dealkylation sites (N-methyl/N-ethyl adjacent to an activating group) is 1. The number of nitrogens with zero attached hydrogens (tertiary/aromatic N) is 1. The third-order valence-electron chi connectivity index (χ3n) is 2.88. The topological polar surface area (TPSA) is 63.4 Å². The van der Waals surface area contributed by atoms with E-state index in [2.05, 4.69) is 0 Å². The lowest BCUT2D eigenvalue weighted by atomic mass is 10.2. The number of nitrogens with two attached hydrogens (primary N) is 1. The Labute approximate surface area is 114 Å². The summed E-state index contributed by atoms with van der Waals surface area (Å²) in [7, 11) is -3.25. The first kappa shape index (κ1) is 16.9. The van der Waals surface area contributed by atoms with E-state index < -0.39 is 38.5 Å². The first-order chi connectivity index (χ1) is 9.01. The smallest absolute Gasteiger partial charge is 0.329 e. The maximum atomic E-state index is 13.6. The molecule has 114 valence electrons. The second-order valence-corrected chi connectivity index (χ2v) is 6.21. The molecule has 1 aromatic rings. The number of benzene rings is 1. The van der Waals surface area contributed by atoms with Crippen molar-refractivity contribution in [3.63, 3.8) is 0 Å². The third-order valence-corrected chi connectivity index (χ3v) is 4.86. The van der Waals surface area contributed by atoms with E-state index in [0.29, 0.717) is 12.1 Å². The van der Waals surface area contributed by atoms with Gasteiger partial charge in [-0.15, -0.1) is 0 Å². The van der Waals surface area contributed by atoms with Crippen LogP contribution in [0.2, 0.25) is 0 Å². The van der Waals surface area contributed by atoms with Gasteiger partial charge in [0, 0.05) is 19.6 Å². The van der Waals surface area contributed by atoms with Crippen LogP contribution in [0.15, 0.2) is 23.1 Å². The molecule has 1 atom stereocenters. The Hall–Kier alpha value is -1.19. The number of hydrogen-bond donors (Lipinski definition) is 1. The maximum Gasteiger partial charge on any atom is 0.416 e. The summed E-state index contributed by atoms with van der Waals surface area (Å²) in [4.78, 5) is -1.02. The van der Waals surface area contributed by atoms with Crippen LogP contribution in [-0.2, 0) is 16.2 Å². The molecule has 0 fully saturated rings. The predicted octanol–water partition coefficient (Wildman–Crippen LogP) is 1.81. The van der Waals surface area contributed by atoms with Gasteiger partial charge in [0.25, 0.3) is 0 Å². The monoisotopic (exact) mass is 314 g/mol. The number of halogens is 4. The molecular weight excluding hydrogens is 300 g/mol. The van der Waals surface area contributed by atoms with E-state index in [-0.39, 0.29) is 12.6 Å². The lowest BCUT2D eigenvalue weighted by Gasteiger charge is -2.23. The highest BCUT2D eigenvalue weighted by molar-refractivity contribution is 7.89. The number of alkyl halides is 3. The van der Waals surface area contributed by atoms with Crippen LogP contribution in [0.5, 0.6) is 0 Å². The molecule has 0 heterocycles. The van der Waals surface area contributed by atoms with Crippen molar-refractivity contribution in [1.29, 1.82) is 0 Å². The molecule has 1 aromatic carbocycles. The van der Waals surface area contributed by atoms with Crippen LogP contribution in [0.1, 0.15) is 12.5 Å². The minimum Gasteiger partial charge on any atom is -0.329 e. The van der Waals surface area contributed by atoms with Gasteiger partial charge in [0.1, 0.15) is 10.7 Å². The quantitative estimate of drug-likeness (QED) is 0.862. The zero-order valence-electron chi connectivity index (χ0n) is 10.8. The second-order valence-electron chi connectivity index (χ2n) is 4.25. The fourth-order valence-electron chi connectivity index (χ4n) is 1.42. The molecule has 0 saturated heterocycles. The van der Waals surface area contributed by atoms with Crippen molar-refractivity contribution in [1.82, 2.24) is 4.31 Å². The van der Waals surface area contributed by atoms with E-state index in [1.807, 2.05) is 0 Å². The molecule has 0 aliphatic heterocycles. The van der Waals surface area contributed by atoms with E-state index in [4.69, 9.17) is 5.73 Å². The van der Waals surface area contributed by atoms with Gasteiger partial charge in [-0.2, -0.15) is 17.5 Å². The summed E-state index contributed by atoms with van der Waals surface area (Å²) in [5.74, 6) is -1.24. The van der Waals surface area contributed by atoms with Gasteiger partial charge >= 0.3 is 6.18 Å². The first-order valence-electron chi connectivity index (χ1n) is 5.56. The van der Waals surface area contributed by atoms with Crippen molar-refractivity contribution in [3.8, 4) is 0 Å². The molecule has 0 saturated carbocycles. The predicted molar refractivity (Wildman–Crippen MR) is 64.9 cm³/mol. The number of sulfonamides is 1. The zero-order chi connectivity index (χ0) is 15.7. The van der Waals surface area contributed by atoms with Gasteiger partial charge < -0.3 is 5.73 Å². The van der Waals surface area contributed by atoms with E-state index in [9.17, 15) is 26.0 Å². The van der Waals surface area contributed by atoms with Crippen LogP contribution in [0.4, 0.5) is 17.6 Å². The highest BCUT2D eigenvalue weighted by Gasteiger charge is 2.34. The van der Waals surface area contributed by atoms with Gasteiger partial charge in [0.15, 0.2) is 0 Å². The van der Waals surface area contributed by atoms with E-state index in [0.717, 1.165) is 11.4 Å². The molecule has 0 aliphatic carbocycles. The molecule has 0 amide bonds. The van der Waals surface area contributed by atoms with Gasteiger partial charge in [-0.05, 0) is 25.1 Å². The summed E-state index contributed by atoms with van der Waals surface area (Å²) < 4.78 is 76.2. The Morgan fingerprint density at radius 1 is 1.35 bits per heavy atom. The van der Waals surface area contributed by atoms with E-state index in [1.54, 1.807) is 0 Å². The van der Waals surface area contributed by atoms with Gasteiger partial charge in [-0.1, -0.05) is 0 Å². The van der Waals surface area contributed by atoms with Crippen molar-refractivity contribution in [2.75, 3.05) is 13.6 Å². The Morgan fingerprint density at radius 2 is 1.90 bits per heavy atom. The minimum atomic E-state index is -4.75. The SMILES string of the molecule is CC(CN)N(C)S(=O)(=O)c1cc(C(F)(F)F)ccc1F. The standard InChI is InChI=1S/C11H14F4N2O2S/c1-7(6-16)17(2)20(18,19)10-5-8(11(13,14)15)3-4-9(10)12/h3-5,7H,6,16H2,1-2H3. The Kier molecular flexibility index (Phi) is 4.78. The van der Waals surface area contributed by atoms with E-state index in [1.165, 1.54) is 6.92 Å². The lowest BCUT2D eigenvalue weighted by Crippen LogP contribution is -2.40. The van der Waals surface area contributed by atoms with Crippen LogP contribution in [0, 0.1) is 5.82 Å². The average molecular weight is 314 g/mol. The molecule has 1 unspecified atom stereocenters. The van der Waals surface area contributed by atoms with Crippen molar-refractivity contribution in [3.05, 3.63) is 29.6 Å². The molecule has 0 aromatic heterocycles. The molecule has 2 N–H and O–H groups in total. The highest BCUT2D eigenvalue weighted by atomic mass is 32.2. The summed E-state index contributed by atoms with van der Waals surface area (Å²) in [6, 6.07) is 0.579. The van der Waals surface area contributed by atoms with Crippen molar-refractivity contribution < 1.29 is 26.0 Å². The maximum absolute atomic E-state index is 13.6. The molecule has 4 nitrogen and oxygen atoms in total. The minimum absolute atomic E-state index is 0.0453. The van der Waals surface area contributed by atoms with Crippen molar-refractivity contribution >= 4 is 10.0 Å². The Balaban J connectivity index is 3.39. The molecule has 0 aliphatic rings. The Morgan fingerprint density at radius 3 is 2.35 bits per heavy atom.